The summed E-state index contributed by atoms with van der Waals surface area (Å²) in [6.45, 7) is 61.1. The number of methoxy groups -OCH3 is 1. The van der Waals surface area contributed by atoms with Gasteiger partial charge in [0.1, 0.15) is 0 Å². The standard InChI is InChI=1S/C16H39O12PSi2.2C12H31O22PSi2.C12H30O2Si2/c1-8-9-13-20-29(18,28-27-26-25-24-23-22-17)15-19-12-10-11-16(30(2,3)4)14-21-31(5,6)7;2*1-36(2,3)12(10-17-37(4,5)6)8-7-9-16-11-35(14,15)34-33-32-31-30-29-28-27-26-25-24-23-22-21-20-19-18-13;1-13-10-8-9-12(15(2,3)4)11-14-16(5,6)7/h16-17H,8-15H2,1-7H3;2*12-13H,7-11H2,1-6H3,(H,14,15);12H,8-11H2,1-7H3. The van der Waals surface area contributed by atoms with Crippen LogP contribution in [-0.2, 0) is 260 Å². The first-order valence-corrected chi connectivity index (χ1v) is 69.5. The summed E-state index contributed by atoms with van der Waals surface area (Å²) in [5.74, 6) is 0. The molecule has 5 N–H and O–H groups in total. The minimum absolute atomic E-state index is 0.186. The molecule has 0 saturated carbocycles. The van der Waals surface area contributed by atoms with Gasteiger partial charge < -0.3 is 51.0 Å². The first kappa shape index (κ1) is 128. The highest BCUT2D eigenvalue weighted by Gasteiger charge is 2.34. The number of rotatable bonds is 83. The summed E-state index contributed by atoms with van der Waals surface area (Å²) in [6, 6.07) is 0. The lowest BCUT2D eigenvalue weighted by atomic mass is 10.2. The van der Waals surface area contributed by atoms with E-state index in [4.69, 9.17) is 56.9 Å². The molecule has 0 amide bonds. The van der Waals surface area contributed by atoms with Gasteiger partial charge in [-0.1, -0.05) is 91.9 Å². The molecule has 734 valence electrons. The Hall–Kier alpha value is 0.225. The maximum Gasteiger partial charge on any atom is 0.386 e. The molecule has 0 bridgehead atoms. The summed E-state index contributed by atoms with van der Waals surface area (Å²) < 4.78 is 99.6. The van der Waals surface area contributed by atoms with Crippen LogP contribution in [0.25, 0.3) is 0 Å². The van der Waals surface area contributed by atoms with Gasteiger partial charge in [-0.05, 0) is 350 Å². The van der Waals surface area contributed by atoms with Crippen LogP contribution in [-0.4, -0.2) is 177 Å². The van der Waals surface area contributed by atoms with Crippen LogP contribution in [0.1, 0.15) is 71.1 Å². The van der Waals surface area contributed by atoms with Crippen molar-refractivity contribution in [2.45, 2.75) is 250 Å². The number of unbranched alkanes of at least 4 members (excludes halogenated alkanes) is 1. The average molecular weight is 2000 g/mol. The predicted octanol–water partition coefficient (Wildman–Crippen LogP) is 15.1. The first-order valence-electron chi connectivity index (χ1n) is 36.3. The Balaban J connectivity index is -0.000000780. The Morgan fingerprint density at radius 2 is 0.471 bits per heavy atom. The largest absolute Gasteiger partial charge is 0.418 e. The fraction of sp³-hybridized carbons (Fsp3) is 1.00. The minimum Gasteiger partial charge on any atom is -0.418 e. The van der Waals surface area contributed by atoms with E-state index in [1.54, 1.807) is 7.11 Å². The van der Waals surface area contributed by atoms with E-state index in [0.29, 0.717) is 55.7 Å². The summed E-state index contributed by atoms with van der Waals surface area (Å²) in [5, 5.41) is 158. The maximum atomic E-state index is 12.7. The number of hydrogen-bond acceptors (Lipinski definition) is 56. The number of hydrogen-bond donors (Lipinski definition) is 5. The monoisotopic (exact) mass is 2000 g/mol. The van der Waals surface area contributed by atoms with Crippen LogP contribution in [0.15, 0.2) is 0 Å². The third kappa shape index (κ3) is 94.7. The zero-order chi connectivity index (χ0) is 92.7. The van der Waals surface area contributed by atoms with E-state index in [2.05, 4.69) is 363 Å². The van der Waals surface area contributed by atoms with Crippen molar-refractivity contribution >= 4 is 88.4 Å². The van der Waals surface area contributed by atoms with Gasteiger partial charge in [-0.25, -0.2) is 15.8 Å². The normalized spacial score (nSPS) is 15.3. The summed E-state index contributed by atoms with van der Waals surface area (Å²) in [7, 11) is -22.2. The fourth-order valence-corrected chi connectivity index (χ4v) is 20.0. The average Bonchev–Trinajstić information content (AvgIpc) is 0.890. The van der Waals surface area contributed by atoms with E-state index < -0.39 is 101 Å². The highest BCUT2D eigenvalue weighted by Crippen LogP contribution is 2.49. The third-order valence-corrected chi connectivity index (χ3v) is 32.9. The van der Waals surface area contributed by atoms with Crippen molar-refractivity contribution in [2.75, 3.05) is 85.6 Å². The molecule has 69 heteroatoms. The van der Waals surface area contributed by atoms with Crippen LogP contribution in [0.2, 0.25) is 179 Å². The van der Waals surface area contributed by atoms with Gasteiger partial charge in [-0.3, -0.25) is 13.7 Å². The van der Waals surface area contributed by atoms with Crippen molar-refractivity contribution in [3.8, 4) is 0 Å². The lowest BCUT2D eigenvalue weighted by molar-refractivity contribution is -0.888. The van der Waals surface area contributed by atoms with Crippen LogP contribution in [0.5, 0.6) is 0 Å². The second kappa shape index (κ2) is 75.7. The molecule has 0 aromatic heterocycles. The van der Waals surface area contributed by atoms with E-state index in [1.165, 1.54) is 12.8 Å². The van der Waals surface area contributed by atoms with Crippen molar-refractivity contribution in [3.05, 3.63) is 0 Å². The van der Waals surface area contributed by atoms with E-state index in [-0.39, 0.29) is 26.2 Å². The van der Waals surface area contributed by atoms with Gasteiger partial charge in [0.15, 0.2) is 52.3 Å². The topological polar surface area (TPSA) is 614 Å². The van der Waals surface area contributed by atoms with E-state index in [9.17, 15) is 23.5 Å². The molecule has 0 aromatic rings. The first-order chi connectivity index (χ1) is 56.3. The third-order valence-electron chi connectivity index (χ3n) is 14.2. The van der Waals surface area contributed by atoms with Crippen LogP contribution in [0.3, 0.4) is 0 Å². The zero-order valence-corrected chi connectivity index (χ0v) is 83.8. The molecule has 0 heterocycles. The van der Waals surface area contributed by atoms with Gasteiger partial charge in [0.25, 0.3) is 0 Å². The molecule has 0 aliphatic carbocycles. The van der Waals surface area contributed by atoms with Crippen LogP contribution < -0.4 is 0 Å². The quantitative estimate of drug-likeness (QED) is 0.0124. The molecule has 121 heavy (non-hydrogen) atoms. The Kier molecular flexibility index (Phi) is 79.8. The molecule has 0 aliphatic rings. The smallest absolute Gasteiger partial charge is 0.386 e. The lowest BCUT2D eigenvalue weighted by Gasteiger charge is -2.31. The zero-order valence-electron chi connectivity index (χ0n) is 73.1. The Labute approximate surface area is 707 Å². The van der Waals surface area contributed by atoms with E-state index in [0.717, 1.165) is 57.5 Å². The number of ether oxygens (including phenoxy) is 4. The van der Waals surface area contributed by atoms with Gasteiger partial charge in [-0.15, -0.1) is 14.0 Å². The van der Waals surface area contributed by atoms with Crippen LogP contribution in [0.4, 0.5) is 0 Å². The van der Waals surface area contributed by atoms with Crippen molar-refractivity contribution in [1.29, 1.82) is 0 Å². The molecule has 0 saturated heterocycles. The molecular weight excluding hydrogens is 1870 g/mol. The van der Waals surface area contributed by atoms with Crippen molar-refractivity contribution in [2.24, 2.45) is 0 Å². The second-order valence-corrected chi connectivity index (χ2v) is 78.0. The fourth-order valence-electron chi connectivity index (χ4n) is 7.79. The highest BCUT2D eigenvalue weighted by molar-refractivity contribution is 7.53. The molecule has 58 nitrogen and oxygen atoms in total. The van der Waals surface area contributed by atoms with Crippen molar-refractivity contribution < 1.29 is 286 Å². The summed E-state index contributed by atoms with van der Waals surface area (Å²) >= 11 is 0. The molecular formula is C52H131O58P3Si8. The van der Waals surface area contributed by atoms with Gasteiger partial charge in [0.2, 0.25) is 0 Å². The van der Waals surface area contributed by atoms with Crippen molar-refractivity contribution in [3.63, 3.8) is 0 Å². The molecule has 0 rings (SSSR count). The molecule has 0 aliphatic heterocycles. The van der Waals surface area contributed by atoms with E-state index >= 15 is 0 Å². The van der Waals surface area contributed by atoms with Gasteiger partial charge in [0.05, 0.1) is 6.61 Å². The highest BCUT2D eigenvalue weighted by atomic mass is 31.2. The maximum absolute atomic E-state index is 12.7. The van der Waals surface area contributed by atoms with Crippen LogP contribution in [0, 0.1) is 0 Å². The Morgan fingerprint density at radius 1 is 0.264 bits per heavy atom. The Bertz CT molecular complexity index is 2360. The molecule has 7 unspecified atom stereocenters. The SMILES string of the molecule is CCCCOP(=O)(COCCCC(CO[Si](C)(C)C)[Si](C)(C)C)OOOOOOOO.COCCCC(CO[Si](C)(C)C)[Si](C)(C)C.C[Si](C)(C)OCC(CCCOCP(=O)(O)OOOOOOOOOOOOOOOOOO)[Si](C)(C)C.C[Si](C)(C)OCC(CCCOCP(=O)(O)OOOOOOOOOOOOOOOOOO)[Si](C)(C)C. The molecule has 7 atom stereocenters. The minimum atomic E-state index is -4.34. The summed E-state index contributed by atoms with van der Waals surface area (Å²) in [6.07, 6.45) is 7.05. The van der Waals surface area contributed by atoms with Crippen molar-refractivity contribution in [1.82, 2.24) is 0 Å². The predicted molar refractivity (Wildman–Crippen MR) is 407 cm³/mol. The molecule has 0 radical (unpaired) electrons. The molecule has 0 spiro atoms. The second-order valence-electron chi connectivity index (χ2n) is 32.5. The summed E-state index contributed by atoms with van der Waals surface area (Å²) in [4.78, 5) is 19.1. The summed E-state index contributed by atoms with van der Waals surface area (Å²) in [5.41, 5.74) is 2.13. The van der Waals surface area contributed by atoms with Gasteiger partial charge >= 0.3 is 22.8 Å². The van der Waals surface area contributed by atoms with Gasteiger partial charge in [0, 0.05) is 92.3 Å². The Morgan fingerprint density at radius 3 is 0.678 bits per heavy atom. The van der Waals surface area contributed by atoms with E-state index in [1.807, 2.05) is 6.92 Å². The van der Waals surface area contributed by atoms with Crippen LogP contribution >= 0.6 is 22.8 Å². The van der Waals surface area contributed by atoms with Gasteiger partial charge in [-0.2, -0.15) is 0 Å². The molecule has 0 fully saturated rings. The molecule has 0 aromatic carbocycles. The lowest BCUT2D eigenvalue weighted by Crippen LogP contribution is -2.36.